The molecule has 6 heteroatoms. The second-order valence-corrected chi connectivity index (χ2v) is 8.89. The number of hydrogen-bond acceptors (Lipinski definition) is 5. The fraction of sp³-hybridized carbons (Fsp3) is 0.917. The summed E-state index contributed by atoms with van der Waals surface area (Å²) in [6.45, 7) is 12.4. The van der Waals surface area contributed by atoms with E-state index in [0.717, 1.165) is 45.2 Å². The van der Waals surface area contributed by atoms with Crippen LogP contribution in [0.2, 0.25) is 0 Å². The van der Waals surface area contributed by atoms with E-state index in [-0.39, 0.29) is 19.4 Å². The van der Waals surface area contributed by atoms with Crippen molar-refractivity contribution in [2.75, 3.05) is 39.5 Å². The lowest BCUT2D eigenvalue weighted by Crippen LogP contribution is -2.39. The fourth-order valence-electron chi connectivity index (χ4n) is 3.91. The van der Waals surface area contributed by atoms with Crippen LogP contribution in [0.25, 0.3) is 0 Å². The van der Waals surface area contributed by atoms with Crippen LogP contribution >= 0.6 is 0 Å². The summed E-state index contributed by atoms with van der Waals surface area (Å²) in [5.74, 6) is 1.58. The highest BCUT2D eigenvalue weighted by atomic mass is 16.5. The van der Waals surface area contributed by atoms with Crippen molar-refractivity contribution in [1.82, 2.24) is 10.6 Å². The molecule has 0 aromatic heterocycles. The van der Waals surface area contributed by atoms with Crippen molar-refractivity contribution in [2.45, 2.75) is 85.2 Å². The van der Waals surface area contributed by atoms with E-state index >= 15 is 0 Å². The van der Waals surface area contributed by atoms with Crippen LogP contribution in [0.5, 0.6) is 0 Å². The molecule has 178 valence electrons. The first-order valence-electron chi connectivity index (χ1n) is 12.2. The van der Waals surface area contributed by atoms with Crippen molar-refractivity contribution in [2.24, 2.45) is 17.8 Å². The van der Waals surface area contributed by atoms with Gasteiger partial charge >= 0.3 is 0 Å². The Labute approximate surface area is 185 Å². The van der Waals surface area contributed by atoms with Crippen molar-refractivity contribution in [3.8, 4) is 0 Å². The average Bonchev–Trinajstić information content (AvgIpc) is 2.78. The second-order valence-electron chi connectivity index (χ2n) is 8.89. The molecule has 1 saturated heterocycles. The van der Waals surface area contributed by atoms with Crippen molar-refractivity contribution in [3.63, 3.8) is 0 Å². The van der Waals surface area contributed by atoms with Gasteiger partial charge in [0.1, 0.15) is 5.78 Å². The molecule has 1 atom stereocenters. The Balaban J connectivity index is 0.000000605. The van der Waals surface area contributed by atoms with Gasteiger partial charge < -0.3 is 20.1 Å². The van der Waals surface area contributed by atoms with Crippen LogP contribution in [0.4, 0.5) is 0 Å². The molecule has 1 saturated carbocycles. The molecule has 2 rings (SSSR count). The van der Waals surface area contributed by atoms with Gasteiger partial charge in [-0.3, -0.25) is 9.59 Å². The minimum Gasteiger partial charge on any atom is -0.377 e. The third-order valence-electron chi connectivity index (χ3n) is 6.04. The van der Waals surface area contributed by atoms with Crippen LogP contribution in [0, 0.1) is 17.8 Å². The minimum atomic E-state index is 0. The van der Waals surface area contributed by atoms with Gasteiger partial charge in [-0.25, -0.2) is 0 Å². The van der Waals surface area contributed by atoms with Crippen LogP contribution in [0.15, 0.2) is 0 Å². The molecule has 1 amide bonds. The maximum absolute atomic E-state index is 11.8. The summed E-state index contributed by atoms with van der Waals surface area (Å²) in [6.07, 6.45) is 9.32. The minimum absolute atomic E-state index is 0. The molecule has 0 bridgehead atoms. The number of carbonyl (C=O) groups is 2. The Hall–Kier alpha value is -0.980. The summed E-state index contributed by atoms with van der Waals surface area (Å²) in [7, 11) is 0. The normalized spacial score (nSPS) is 19.1. The standard InChI is InChI=1S/C13H26N2O3.C11H20O.H2/c1-11(2)18-10-9-17-8-7-15-13(16)12-3-5-14-6-4-12;1-3-9(2)11(12)10-7-5-4-6-8-10;/h11-12,14H,3-10H2,1-2H3,(H,15,16);9-10H,3-8H2,1-2H3;1H. The predicted octanol–water partition coefficient (Wildman–Crippen LogP) is 3.97. The molecule has 0 aromatic rings. The van der Waals surface area contributed by atoms with E-state index in [4.69, 9.17) is 9.47 Å². The Morgan fingerprint density at radius 1 is 0.967 bits per heavy atom. The summed E-state index contributed by atoms with van der Waals surface area (Å²) in [5, 5.41) is 6.17. The van der Waals surface area contributed by atoms with Crippen molar-refractivity contribution < 1.29 is 20.5 Å². The maximum Gasteiger partial charge on any atom is 0.223 e. The highest BCUT2D eigenvalue weighted by molar-refractivity contribution is 5.83. The van der Waals surface area contributed by atoms with E-state index < -0.39 is 0 Å². The SMILES string of the molecule is CC(C)OCCOCCNC(=O)C1CCNCC1.CCC(C)C(=O)C1CCCCC1.[HH]. The first-order chi connectivity index (χ1) is 14.5. The van der Waals surface area contributed by atoms with Gasteiger partial charge in [-0.15, -0.1) is 0 Å². The zero-order valence-corrected chi connectivity index (χ0v) is 19.8. The van der Waals surface area contributed by atoms with E-state index in [1.807, 2.05) is 13.8 Å². The Bertz CT molecular complexity index is 464. The third-order valence-corrected chi connectivity index (χ3v) is 6.04. The van der Waals surface area contributed by atoms with Crippen LogP contribution in [0.3, 0.4) is 0 Å². The molecule has 0 spiro atoms. The smallest absolute Gasteiger partial charge is 0.223 e. The average molecular weight is 429 g/mol. The van der Waals surface area contributed by atoms with E-state index in [9.17, 15) is 9.59 Å². The Kier molecular flexibility index (Phi) is 15.0. The van der Waals surface area contributed by atoms with Gasteiger partial charge in [0.05, 0.1) is 25.9 Å². The first kappa shape index (κ1) is 27.1. The molecule has 0 aromatic carbocycles. The van der Waals surface area contributed by atoms with E-state index in [1.54, 1.807) is 0 Å². The predicted molar refractivity (Wildman–Crippen MR) is 124 cm³/mol. The molecule has 30 heavy (non-hydrogen) atoms. The lowest BCUT2D eigenvalue weighted by molar-refractivity contribution is -0.127. The van der Waals surface area contributed by atoms with Crippen molar-refractivity contribution >= 4 is 11.7 Å². The number of Topliss-reactive ketones (excluding diaryl/α,β-unsaturated/α-hetero) is 1. The van der Waals surface area contributed by atoms with E-state index in [2.05, 4.69) is 24.5 Å². The van der Waals surface area contributed by atoms with Gasteiger partial charge in [0.25, 0.3) is 0 Å². The fourth-order valence-corrected chi connectivity index (χ4v) is 3.91. The molecule has 1 aliphatic heterocycles. The molecule has 2 fully saturated rings. The van der Waals surface area contributed by atoms with Gasteiger partial charge in [0.15, 0.2) is 0 Å². The van der Waals surface area contributed by atoms with E-state index in [1.165, 1.54) is 19.3 Å². The van der Waals surface area contributed by atoms with Gasteiger partial charge in [-0.1, -0.05) is 33.1 Å². The summed E-state index contributed by atoms with van der Waals surface area (Å²) in [4.78, 5) is 23.5. The van der Waals surface area contributed by atoms with Gasteiger partial charge in [-0.05, 0) is 59.0 Å². The zero-order chi connectivity index (χ0) is 22.2. The van der Waals surface area contributed by atoms with E-state index in [0.29, 0.717) is 44.0 Å². The summed E-state index contributed by atoms with van der Waals surface area (Å²) in [5.41, 5.74) is 0. The highest BCUT2D eigenvalue weighted by Gasteiger charge is 2.24. The van der Waals surface area contributed by atoms with Crippen molar-refractivity contribution in [3.05, 3.63) is 0 Å². The molecule has 1 aliphatic carbocycles. The molecular formula is C24H48N2O4. The molecule has 1 heterocycles. The summed E-state index contributed by atoms with van der Waals surface area (Å²) < 4.78 is 10.7. The van der Waals surface area contributed by atoms with Crippen LogP contribution < -0.4 is 10.6 Å². The number of ether oxygens (including phenoxy) is 2. The summed E-state index contributed by atoms with van der Waals surface area (Å²) in [6, 6.07) is 0. The number of nitrogens with one attached hydrogen (secondary N) is 2. The number of rotatable bonds is 11. The first-order valence-corrected chi connectivity index (χ1v) is 12.2. The van der Waals surface area contributed by atoms with Gasteiger partial charge in [0.2, 0.25) is 5.91 Å². The largest absolute Gasteiger partial charge is 0.377 e. The second kappa shape index (κ2) is 16.7. The molecule has 1 unspecified atom stereocenters. The van der Waals surface area contributed by atoms with Crippen LogP contribution in [-0.2, 0) is 19.1 Å². The van der Waals surface area contributed by atoms with Crippen LogP contribution in [0.1, 0.15) is 80.5 Å². The lowest BCUT2D eigenvalue weighted by Gasteiger charge is -2.22. The number of piperidine rings is 1. The summed E-state index contributed by atoms with van der Waals surface area (Å²) >= 11 is 0. The lowest BCUT2D eigenvalue weighted by atomic mass is 9.81. The number of amides is 1. The number of carbonyl (C=O) groups excluding carboxylic acids is 2. The Morgan fingerprint density at radius 2 is 1.63 bits per heavy atom. The molecule has 2 aliphatic rings. The number of hydrogen-bond donors (Lipinski definition) is 2. The monoisotopic (exact) mass is 428 g/mol. The van der Waals surface area contributed by atoms with Gasteiger partial charge in [0, 0.05) is 25.7 Å². The maximum atomic E-state index is 11.8. The molecule has 6 nitrogen and oxygen atoms in total. The zero-order valence-electron chi connectivity index (χ0n) is 19.8. The molecule has 2 N–H and O–H groups in total. The Morgan fingerprint density at radius 3 is 2.23 bits per heavy atom. The number of ketones is 1. The van der Waals surface area contributed by atoms with Crippen molar-refractivity contribution in [1.29, 1.82) is 0 Å². The topological polar surface area (TPSA) is 76.7 Å². The third kappa shape index (κ3) is 12.0. The van der Waals surface area contributed by atoms with Gasteiger partial charge in [-0.2, -0.15) is 0 Å². The van der Waals surface area contributed by atoms with Crippen LogP contribution in [-0.4, -0.2) is 57.2 Å². The molecule has 0 radical (unpaired) electrons. The molecular weight excluding hydrogens is 380 g/mol. The quantitative estimate of drug-likeness (QED) is 0.487. The highest BCUT2D eigenvalue weighted by Crippen LogP contribution is 2.27.